The van der Waals surface area contributed by atoms with E-state index in [2.05, 4.69) is 26.3 Å². The predicted molar refractivity (Wildman–Crippen MR) is 74.3 cm³/mol. The summed E-state index contributed by atoms with van der Waals surface area (Å²) >= 11 is 3.02. The topological polar surface area (TPSA) is 56.1 Å². The van der Waals surface area contributed by atoms with Crippen LogP contribution in [-0.4, -0.2) is 35.2 Å². The summed E-state index contributed by atoms with van der Waals surface area (Å²) in [6.07, 6.45) is -0.391. The molecule has 0 atom stereocenters. The Hall–Kier alpha value is -1.09. The van der Waals surface area contributed by atoms with Crippen molar-refractivity contribution in [2.24, 2.45) is 0 Å². The molecule has 1 aliphatic carbocycles. The number of methoxy groups -OCH3 is 1. The molecule has 1 N–H and O–H groups in total. The Kier molecular flexibility index (Phi) is 4.62. The number of hydrogen-bond acceptors (Lipinski definition) is 4. The highest BCUT2D eigenvalue weighted by atomic mass is 79.9. The summed E-state index contributed by atoms with van der Waals surface area (Å²) in [4.78, 5) is 11.8. The third-order valence-corrected chi connectivity index (χ3v) is 4.38. The first-order valence-corrected chi connectivity index (χ1v) is 7.17. The van der Waals surface area contributed by atoms with Crippen molar-refractivity contribution in [1.82, 2.24) is 9.78 Å². The molecule has 5 nitrogen and oxygen atoms in total. The second kappa shape index (κ2) is 5.96. The second-order valence-electron chi connectivity index (χ2n) is 5.04. The number of halogens is 4. The summed E-state index contributed by atoms with van der Waals surface area (Å²) in [6.45, 7) is -0.931. The molecule has 0 aromatic carbocycles. The van der Waals surface area contributed by atoms with E-state index in [4.69, 9.17) is 4.74 Å². The Morgan fingerprint density at radius 3 is 2.67 bits per heavy atom. The first-order chi connectivity index (χ1) is 9.76. The maximum atomic E-state index is 12.3. The normalized spacial score (nSPS) is 17.4. The van der Waals surface area contributed by atoms with Crippen LogP contribution < -0.4 is 10.9 Å². The minimum atomic E-state index is -4.49. The van der Waals surface area contributed by atoms with Crippen LogP contribution in [0.3, 0.4) is 0 Å². The van der Waals surface area contributed by atoms with E-state index in [1.165, 1.54) is 6.20 Å². The summed E-state index contributed by atoms with van der Waals surface area (Å²) in [6, 6.07) is 0. The molecule has 1 heterocycles. The fourth-order valence-corrected chi connectivity index (χ4v) is 2.60. The second-order valence-corrected chi connectivity index (χ2v) is 5.84. The van der Waals surface area contributed by atoms with Gasteiger partial charge in [-0.2, -0.15) is 18.3 Å². The Morgan fingerprint density at radius 2 is 2.19 bits per heavy atom. The van der Waals surface area contributed by atoms with Gasteiger partial charge in [0, 0.05) is 13.7 Å². The molecule has 9 heteroatoms. The first kappa shape index (κ1) is 16.3. The van der Waals surface area contributed by atoms with Crippen LogP contribution in [0.5, 0.6) is 0 Å². The number of rotatable bonds is 5. The smallest absolute Gasteiger partial charge is 0.380 e. The molecule has 1 aromatic rings. The molecule has 1 saturated carbocycles. The van der Waals surface area contributed by atoms with Gasteiger partial charge in [0.15, 0.2) is 0 Å². The lowest BCUT2D eigenvalue weighted by molar-refractivity contribution is -0.143. The third-order valence-electron chi connectivity index (χ3n) is 3.61. The monoisotopic (exact) mass is 369 g/mol. The van der Waals surface area contributed by atoms with E-state index in [0.717, 1.165) is 19.3 Å². The Bertz CT molecular complexity index is 564. The van der Waals surface area contributed by atoms with Gasteiger partial charge in [0.25, 0.3) is 5.56 Å². The van der Waals surface area contributed by atoms with Gasteiger partial charge in [-0.1, -0.05) is 0 Å². The van der Waals surface area contributed by atoms with E-state index in [-0.39, 0.29) is 10.1 Å². The van der Waals surface area contributed by atoms with Crippen molar-refractivity contribution in [2.75, 3.05) is 19.0 Å². The Morgan fingerprint density at radius 1 is 1.52 bits per heavy atom. The molecule has 0 saturated heterocycles. The number of ether oxygens (including phenoxy) is 1. The molecular formula is C12H15BrF3N3O2. The maximum absolute atomic E-state index is 12.3. The summed E-state index contributed by atoms with van der Waals surface area (Å²) < 4.78 is 42.8. The number of aromatic nitrogens is 2. The third kappa shape index (κ3) is 3.76. The van der Waals surface area contributed by atoms with Crippen molar-refractivity contribution in [1.29, 1.82) is 0 Å². The quantitative estimate of drug-likeness (QED) is 0.866. The van der Waals surface area contributed by atoms with E-state index in [0.29, 0.717) is 16.9 Å². The highest BCUT2D eigenvalue weighted by Crippen LogP contribution is 2.35. The zero-order valence-electron chi connectivity index (χ0n) is 11.3. The molecular weight excluding hydrogens is 355 g/mol. The van der Waals surface area contributed by atoms with Crippen molar-refractivity contribution >= 4 is 21.6 Å². The van der Waals surface area contributed by atoms with Crippen LogP contribution in [0.2, 0.25) is 0 Å². The molecule has 1 aromatic heterocycles. The fourth-order valence-electron chi connectivity index (χ4n) is 2.15. The lowest BCUT2D eigenvalue weighted by atomic mass is 9.80. The van der Waals surface area contributed by atoms with Gasteiger partial charge in [-0.25, -0.2) is 4.68 Å². The van der Waals surface area contributed by atoms with Gasteiger partial charge < -0.3 is 10.1 Å². The van der Waals surface area contributed by atoms with Gasteiger partial charge in [0.05, 0.1) is 17.5 Å². The van der Waals surface area contributed by atoms with Crippen molar-refractivity contribution < 1.29 is 17.9 Å². The number of hydrogen-bond donors (Lipinski definition) is 1. The minimum absolute atomic E-state index is 0.0346. The van der Waals surface area contributed by atoms with Crippen molar-refractivity contribution in [3.05, 3.63) is 21.0 Å². The van der Waals surface area contributed by atoms with Crippen LogP contribution >= 0.6 is 15.9 Å². The molecule has 0 amide bonds. The van der Waals surface area contributed by atoms with Gasteiger partial charge >= 0.3 is 6.18 Å². The summed E-state index contributed by atoms with van der Waals surface area (Å²) in [7, 11) is 1.62. The van der Waals surface area contributed by atoms with Gasteiger partial charge in [-0.05, 0) is 35.2 Å². The lowest BCUT2D eigenvalue weighted by Crippen LogP contribution is -2.45. The average molecular weight is 370 g/mol. The summed E-state index contributed by atoms with van der Waals surface area (Å²) in [5.41, 5.74) is -0.723. The van der Waals surface area contributed by atoms with Gasteiger partial charge in [0.1, 0.15) is 11.0 Å². The van der Waals surface area contributed by atoms with E-state index >= 15 is 0 Å². The number of anilines is 1. The highest BCUT2D eigenvalue weighted by molar-refractivity contribution is 9.10. The number of alkyl halides is 3. The summed E-state index contributed by atoms with van der Waals surface area (Å²) in [5.74, 6) is 0. The number of nitrogens with one attached hydrogen (secondary N) is 1. The van der Waals surface area contributed by atoms with E-state index in [9.17, 15) is 18.0 Å². The molecule has 1 aliphatic rings. The van der Waals surface area contributed by atoms with Gasteiger partial charge in [0.2, 0.25) is 0 Å². The molecule has 21 heavy (non-hydrogen) atoms. The minimum Gasteiger partial charge on any atom is -0.380 e. The Balaban J connectivity index is 2.12. The fraction of sp³-hybridized carbons (Fsp3) is 0.667. The van der Waals surface area contributed by atoms with Gasteiger partial charge in [-0.15, -0.1) is 0 Å². The molecule has 0 radical (unpaired) electrons. The molecule has 0 unspecified atom stereocenters. The standard InChI is InChI=1S/C12H15BrF3N3O2/c1-21-11(3-2-4-11)6-17-8-5-18-19(7-12(14,15)16)10(20)9(8)13/h5,17H,2-4,6-7H2,1H3. The molecule has 0 spiro atoms. The van der Waals surface area contributed by atoms with Crippen LogP contribution in [0, 0.1) is 0 Å². The van der Waals surface area contributed by atoms with Crippen molar-refractivity contribution in [3.63, 3.8) is 0 Å². The van der Waals surface area contributed by atoms with Crippen molar-refractivity contribution in [3.8, 4) is 0 Å². The highest BCUT2D eigenvalue weighted by Gasteiger charge is 2.37. The van der Waals surface area contributed by atoms with Crippen LogP contribution in [0.4, 0.5) is 18.9 Å². The van der Waals surface area contributed by atoms with Crippen LogP contribution in [-0.2, 0) is 11.3 Å². The van der Waals surface area contributed by atoms with E-state index < -0.39 is 18.3 Å². The van der Waals surface area contributed by atoms with Crippen LogP contribution in [0.15, 0.2) is 15.5 Å². The molecule has 118 valence electrons. The molecule has 0 bridgehead atoms. The zero-order chi connectivity index (χ0) is 15.7. The van der Waals surface area contributed by atoms with Crippen LogP contribution in [0.25, 0.3) is 0 Å². The predicted octanol–water partition coefficient (Wildman–Crippen LogP) is 2.55. The Labute approximate surface area is 127 Å². The van der Waals surface area contributed by atoms with E-state index in [1.54, 1.807) is 7.11 Å². The SMILES string of the molecule is COC1(CNc2cnn(CC(F)(F)F)c(=O)c2Br)CCC1. The van der Waals surface area contributed by atoms with Crippen molar-refractivity contribution in [2.45, 2.75) is 37.6 Å². The van der Waals surface area contributed by atoms with Gasteiger partial charge in [-0.3, -0.25) is 4.79 Å². The first-order valence-electron chi connectivity index (χ1n) is 6.38. The van der Waals surface area contributed by atoms with E-state index in [1.807, 2.05) is 0 Å². The molecule has 1 fully saturated rings. The zero-order valence-corrected chi connectivity index (χ0v) is 12.9. The van der Waals surface area contributed by atoms with Crippen LogP contribution in [0.1, 0.15) is 19.3 Å². The maximum Gasteiger partial charge on any atom is 0.408 e. The molecule has 0 aliphatic heterocycles. The number of nitrogens with zero attached hydrogens (tertiary/aromatic N) is 2. The average Bonchev–Trinajstić information content (AvgIpc) is 2.35. The molecule has 2 rings (SSSR count). The lowest BCUT2D eigenvalue weighted by Gasteiger charge is -2.40. The summed E-state index contributed by atoms with van der Waals surface area (Å²) in [5, 5.41) is 6.55. The largest absolute Gasteiger partial charge is 0.408 e.